The molecule has 0 spiro atoms. The summed E-state index contributed by atoms with van der Waals surface area (Å²) in [7, 11) is -2.78. The second kappa shape index (κ2) is 6.59. The van der Waals surface area contributed by atoms with Gasteiger partial charge in [0.2, 0.25) is 10.0 Å². The van der Waals surface area contributed by atoms with E-state index in [9.17, 15) is 27.7 Å². The summed E-state index contributed by atoms with van der Waals surface area (Å²) in [4.78, 5) is 21.4. The van der Waals surface area contributed by atoms with Crippen LogP contribution in [0.1, 0.15) is 17.9 Å². The van der Waals surface area contributed by atoms with E-state index >= 15 is 0 Å². The van der Waals surface area contributed by atoms with Crippen LogP contribution >= 0.6 is 0 Å². The van der Waals surface area contributed by atoms with Gasteiger partial charge in [-0.2, -0.15) is 0 Å². The molecule has 0 radical (unpaired) electrons. The van der Waals surface area contributed by atoms with Gasteiger partial charge in [0.1, 0.15) is 5.82 Å². The Hall–Kier alpha value is -2.07. The van der Waals surface area contributed by atoms with E-state index < -0.39 is 44.1 Å². The summed E-state index contributed by atoms with van der Waals surface area (Å²) in [6, 6.07) is 2.73. The second-order valence-electron chi connectivity index (χ2n) is 4.19. The molecule has 116 valence electrons. The molecule has 0 amide bonds. The number of primary sulfonamides is 1. The van der Waals surface area contributed by atoms with Crippen LogP contribution in [0.5, 0.6) is 0 Å². The summed E-state index contributed by atoms with van der Waals surface area (Å²) in [5.74, 6) is -3.61. The number of rotatable bonds is 6. The molecule has 0 bridgehead atoms. The summed E-state index contributed by atoms with van der Waals surface area (Å²) in [5, 5.41) is 15.4. The van der Waals surface area contributed by atoms with Crippen molar-refractivity contribution in [3.8, 4) is 0 Å². The average molecular weight is 320 g/mol. The number of carbonyl (C=O) groups is 1. The van der Waals surface area contributed by atoms with Gasteiger partial charge in [0.05, 0.1) is 29.8 Å². The van der Waals surface area contributed by atoms with Gasteiger partial charge in [-0.25, -0.2) is 17.9 Å². The fourth-order valence-corrected chi connectivity index (χ4v) is 2.30. The summed E-state index contributed by atoms with van der Waals surface area (Å²) in [5.41, 5.74) is -0.664. The van der Waals surface area contributed by atoms with Crippen LogP contribution in [0.2, 0.25) is 0 Å². The molecule has 1 unspecified atom stereocenters. The number of methoxy groups -OCH3 is 1. The molecule has 0 aliphatic carbocycles. The normalized spacial score (nSPS) is 12.7. The Morgan fingerprint density at radius 2 is 2.14 bits per heavy atom. The molecule has 10 heteroatoms. The van der Waals surface area contributed by atoms with Gasteiger partial charge in [0.25, 0.3) is 5.69 Å². The lowest BCUT2D eigenvalue weighted by molar-refractivity contribution is -0.385. The zero-order valence-corrected chi connectivity index (χ0v) is 11.8. The number of hydrogen-bond acceptors (Lipinski definition) is 6. The van der Waals surface area contributed by atoms with E-state index in [1.165, 1.54) is 0 Å². The monoisotopic (exact) mass is 320 g/mol. The van der Waals surface area contributed by atoms with Gasteiger partial charge < -0.3 is 4.74 Å². The number of carbonyl (C=O) groups excluding carboxylic acids is 1. The Balaban J connectivity index is 3.14. The lowest BCUT2D eigenvalue weighted by atomic mass is 9.95. The summed E-state index contributed by atoms with van der Waals surface area (Å²) >= 11 is 0. The number of nitrogens with zero attached hydrogens (tertiary/aromatic N) is 1. The number of halogens is 1. The molecule has 0 aliphatic heterocycles. The van der Waals surface area contributed by atoms with E-state index in [4.69, 9.17) is 5.14 Å². The highest BCUT2D eigenvalue weighted by molar-refractivity contribution is 7.89. The van der Waals surface area contributed by atoms with Crippen molar-refractivity contribution >= 4 is 21.7 Å². The van der Waals surface area contributed by atoms with E-state index in [0.717, 1.165) is 19.2 Å². The van der Waals surface area contributed by atoms with Crippen LogP contribution in [-0.2, 0) is 19.6 Å². The molecule has 1 rings (SSSR count). The van der Waals surface area contributed by atoms with Crippen molar-refractivity contribution in [2.24, 2.45) is 5.14 Å². The van der Waals surface area contributed by atoms with Crippen LogP contribution in [0, 0.1) is 15.9 Å². The van der Waals surface area contributed by atoms with Crippen LogP contribution in [0.25, 0.3) is 0 Å². The Bertz CT molecular complexity index is 661. The van der Waals surface area contributed by atoms with E-state index in [1.807, 2.05) is 0 Å². The fourth-order valence-electron chi connectivity index (χ4n) is 1.74. The van der Waals surface area contributed by atoms with Crippen molar-refractivity contribution in [3.05, 3.63) is 39.7 Å². The first-order valence-electron chi connectivity index (χ1n) is 5.68. The lowest BCUT2D eigenvalue weighted by Crippen LogP contribution is -2.23. The number of nitrogens with two attached hydrogens (primary N) is 1. The van der Waals surface area contributed by atoms with Crippen molar-refractivity contribution in [3.63, 3.8) is 0 Å². The Morgan fingerprint density at radius 1 is 1.52 bits per heavy atom. The molecule has 0 aromatic heterocycles. The molecule has 0 fully saturated rings. The number of non-ortho nitro benzene ring substituents is 1. The first-order chi connectivity index (χ1) is 9.65. The van der Waals surface area contributed by atoms with Crippen LogP contribution in [0.15, 0.2) is 18.2 Å². The SMILES string of the molecule is COC(=O)C(CCS(N)(=O)=O)c1ccc([N+](=O)[O-])cc1F. The van der Waals surface area contributed by atoms with Crippen molar-refractivity contribution in [1.82, 2.24) is 0 Å². The molecule has 1 aromatic rings. The number of benzene rings is 1. The lowest BCUT2D eigenvalue weighted by Gasteiger charge is -2.15. The standard InChI is InChI=1S/C11H13FN2O6S/c1-20-11(15)9(4-5-21(13,18)19)8-3-2-7(14(16)17)6-10(8)12/h2-3,6,9H,4-5H2,1H3,(H2,13,18,19). The molecular formula is C11H13FN2O6S. The number of hydrogen-bond donors (Lipinski definition) is 1. The second-order valence-corrected chi connectivity index (χ2v) is 5.93. The van der Waals surface area contributed by atoms with Crippen LogP contribution in [-0.4, -0.2) is 32.2 Å². The van der Waals surface area contributed by atoms with E-state index in [1.54, 1.807) is 0 Å². The maximum absolute atomic E-state index is 13.9. The zero-order chi connectivity index (χ0) is 16.2. The highest BCUT2D eigenvalue weighted by Gasteiger charge is 2.27. The molecule has 0 aliphatic rings. The summed E-state index contributed by atoms with van der Waals surface area (Å²) < 4.78 is 40.3. The molecule has 21 heavy (non-hydrogen) atoms. The van der Waals surface area contributed by atoms with Crippen molar-refractivity contribution < 1.29 is 27.3 Å². The average Bonchev–Trinajstić information content (AvgIpc) is 2.38. The number of sulfonamides is 1. The van der Waals surface area contributed by atoms with Crippen LogP contribution in [0.4, 0.5) is 10.1 Å². The summed E-state index contributed by atoms with van der Waals surface area (Å²) in [6.45, 7) is 0. The maximum atomic E-state index is 13.9. The van der Waals surface area contributed by atoms with Gasteiger partial charge in [-0.15, -0.1) is 0 Å². The number of nitro benzene ring substituents is 1. The van der Waals surface area contributed by atoms with Gasteiger partial charge in [0.15, 0.2) is 0 Å². The van der Waals surface area contributed by atoms with Crippen molar-refractivity contribution in [1.29, 1.82) is 0 Å². The minimum atomic E-state index is -3.84. The topological polar surface area (TPSA) is 130 Å². The predicted octanol–water partition coefficient (Wildman–Crippen LogP) is 0.669. The van der Waals surface area contributed by atoms with E-state index in [0.29, 0.717) is 6.07 Å². The largest absolute Gasteiger partial charge is 0.469 e. The maximum Gasteiger partial charge on any atom is 0.313 e. The minimum absolute atomic E-state index is 0.184. The molecular weight excluding hydrogens is 307 g/mol. The molecule has 0 saturated heterocycles. The van der Waals surface area contributed by atoms with Gasteiger partial charge in [-0.3, -0.25) is 14.9 Å². The van der Waals surface area contributed by atoms with Gasteiger partial charge >= 0.3 is 5.97 Å². The third-order valence-electron chi connectivity index (χ3n) is 2.75. The van der Waals surface area contributed by atoms with Crippen molar-refractivity contribution in [2.75, 3.05) is 12.9 Å². The predicted molar refractivity (Wildman–Crippen MR) is 70.4 cm³/mol. The zero-order valence-electron chi connectivity index (χ0n) is 11.0. The third kappa shape index (κ3) is 4.76. The molecule has 1 atom stereocenters. The first kappa shape index (κ1) is 17.0. The highest BCUT2D eigenvalue weighted by atomic mass is 32.2. The molecule has 1 aromatic carbocycles. The van der Waals surface area contributed by atoms with E-state index in [-0.39, 0.29) is 12.0 Å². The third-order valence-corrected chi connectivity index (χ3v) is 3.55. The quantitative estimate of drug-likeness (QED) is 0.466. The fraction of sp³-hybridized carbons (Fsp3) is 0.364. The van der Waals surface area contributed by atoms with Crippen LogP contribution in [0.3, 0.4) is 0 Å². The van der Waals surface area contributed by atoms with Gasteiger partial charge in [-0.1, -0.05) is 0 Å². The Kier molecular flexibility index (Phi) is 5.33. The van der Waals surface area contributed by atoms with Crippen LogP contribution < -0.4 is 5.14 Å². The highest BCUT2D eigenvalue weighted by Crippen LogP contribution is 2.27. The molecule has 0 saturated carbocycles. The first-order valence-corrected chi connectivity index (χ1v) is 7.39. The minimum Gasteiger partial charge on any atom is -0.469 e. The summed E-state index contributed by atoms with van der Waals surface area (Å²) in [6.07, 6.45) is -0.291. The number of ether oxygens (including phenoxy) is 1. The van der Waals surface area contributed by atoms with Crippen molar-refractivity contribution in [2.45, 2.75) is 12.3 Å². The Morgan fingerprint density at radius 3 is 2.57 bits per heavy atom. The Labute approximate surface area is 119 Å². The number of nitro groups is 1. The molecule has 0 heterocycles. The smallest absolute Gasteiger partial charge is 0.313 e. The molecule has 2 N–H and O–H groups in total. The van der Waals surface area contributed by atoms with Gasteiger partial charge in [0, 0.05) is 11.6 Å². The van der Waals surface area contributed by atoms with Gasteiger partial charge in [-0.05, 0) is 12.5 Å². The van der Waals surface area contributed by atoms with E-state index in [2.05, 4.69) is 4.74 Å². The number of esters is 1. The molecule has 8 nitrogen and oxygen atoms in total.